The van der Waals surface area contributed by atoms with Crippen molar-refractivity contribution < 1.29 is 9.53 Å². The van der Waals surface area contributed by atoms with Gasteiger partial charge in [0.15, 0.2) is 5.17 Å². The summed E-state index contributed by atoms with van der Waals surface area (Å²) in [5, 5.41) is 0.538. The Labute approximate surface area is 110 Å². The first-order valence-electron chi connectivity index (χ1n) is 5.57. The molecule has 0 unspecified atom stereocenters. The molecule has 0 spiro atoms. The normalized spacial score (nSPS) is 14.7. The number of nitrogens with two attached hydrogens (primary N) is 1. The van der Waals surface area contributed by atoms with Gasteiger partial charge in [-0.25, -0.2) is 4.99 Å². The molecule has 1 aliphatic heterocycles. The average Bonchev–Trinajstić information content (AvgIpc) is 2.40. The van der Waals surface area contributed by atoms with Crippen molar-refractivity contribution >= 4 is 22.9 Å². The minimum Gasteiger partial charge on any atom is -0.461 e. The summed E-state index contributed by atoms with van der Waals surface area (Å²) in [6.07, 6.45) is 1.92. The van der Waals surface area contributed by atoms with Crippen LogP contribution in [0.25, 0.3) is 0 Å². The van der Waals surface area contributed by atoms with Crippen LogP contribution in [0.1, 0.15) is 12.0 Å². The highest BCUT2D eigenvalue weighted by molar-refractivity contribution is 8.14. The van der Waals surface area contributed by atoms with E-state index >= 15 is 0 Å². The summed E-state index contributed by atoms with van der Waals surface area (Å²) in [5.74, 6) is 0.469. The third-order valence-electron chi connectivity index (χ3n) is 2.39. The van der Waals surface area contributed by atoms with Crippen LogP contribution in [0.15, 0.2) is 47.1 Å². The predicted molar refractivity (Wildman–Crippen MR) is 73.0 cm³/mol. The molecule has 94 valence electrons. The summed E-state index contributed by atoms with van der Waals surface area (Å²) in [7, 11) is 0. The highest BCUT2D eigenvalue weighted by Gasteiger charge is 2.11. The van der Waals surface area contributed by atoms with Gasteiger partial charge in [0.2, 0.25) is 0 Å². The summed E-state index contributed by atoms with van der Waals surface area (Å²) in [6.45, 7) is 0.311. The SMILES string of the molecule is NC1=NC=C(CC(=O)OCc2ccccc2)CS1. The van der Waals surface area contributed by atoms with Crippen molar-refractivity contribution in [2.24, 2.45) is 10.7 Å². The molecule has 0 bridgehead atoms. The quantitative estimate of drug-likeness (QED) is 0.844. The van der Waals surface area contributed by atoms with Crippen LogP contribution in [0.2, 0.25) is 0 Å². The summed E-state index contributed by atoms with van der Waals surface area (Å²) in [6, 6.07) is 9.61. The first kappa shape index (κ1) is 12.7. The fourth-order valence-corrected chi connectivity index (χ4v) is 2.10. The molecule has 1 aromatic rings. The monoisotopic (exact) mass is 262 g/mol. The van der Waals surface area contributed by atoms with Gasteiger partial charge in [0.1, 0.15) is 6.61 Å². The minimum atomic E-state index is -0.235. The van der Waals surface area contributed by atoms with Crippen molar-refractivity contribution in [3.63, 3.8) is 0 Å². The van der Waals surface area contributed by atoms with Crippen LogP contribution in [0.3, 0.4) is 0 Å². The molecule has 0 saturated carbocycles. The van der Waals surface area contributed by atoms with Crippen molar-refractivity contribution in [3.8, 4) is 0 Å². The predicted octanol–water partition coefficient (Wildman–Crippen LogP) is 2.07. The maximum atomic E-state index is 11.6. The fourth-order valence-electron chi connectivity index (χ4n) is 1.47. The lowest BCUT2D eigenvalue weighted by atomic mass is 10.2. The van der Waals surface area contributed by atoms with E-state index in [9.17, 15) is 4.79 Å². The van der Waals surface area contributed by atoms with Gasteiger partial charge in [-0.1, -0.05) is 42.1 Å². The molecule has 0 atom stereocenters. The van der Waals surface area contributed by atoms with E-state index in [4.69, 9.17) is 10.5 Å². The first-order valence-corrected chi connectivity index (χ1v) is 6.56. The molecule has 0 amide bonds. The average molecular weight is 262 g/mol. The number of amidine groups is 1. The molecule has 1 heterocycles. The topological polar surface area (TPSA) is 64.7 Å². The van der Waals surface area contributed by atoms with Crippen LogP contribution < -0.4 is 5.73 Å². The summed E-state index contributed by atoms with van der Waals surface area (Å²) in [4.78, 5) is 15.6. The second-order valence-corrected chi connectivity index (χ2v) is 4.86. The zero-order valence-corrected chi connectivity index (χ0v) is 10.7. The Hall–Kier alpha value is -1.75. The Morgan fingerprint density at radius 3 is 2.83 bits per heavy atom. The number of hydrogen-bond donors (Lipinski definition) is 1. The maximum Gasteiger partial charge on any atom is 0.310 e. The first-order chi connectivity index (χ1) is 8.74. The van der Waals surface area contributed by atoms with E-state index in [1.165, 1.54) is 11.8 Å². The number of carbonyl (C=O) groups is 1. The van der Waals surface area contributed by atoms with Crippen LogP contribution in [-0.4, -0.2) is 16.9 Å². The van der Waals surface area contributed by atoms with Gasteiger partial charge in [-0.15, -0.1) is 0 Å². The molecule has 0 aliphatic carbocycles. The van der Waals surface area contributed by atoms with Crippen LogP contribution in [0.4, 0.5) is 0 Å². The molecule has 2 N–H and O–H groups in total. The third-order valence-corrected chi connectivity index (χ3v) is 3.31. The molecule has 0 saturated heterocycles. The molecule has 4 nitrogen and oxygen atoms in total. The maximum absolute atomic E-state index is 11.6. The highest BCUT2D eigenvalue weighted by atomic mass is 32.2. The largest absolute Gasteiger partial charge is 0.461 e. The minimum absolute atomic E-state index is 0.235. The number of esters is 1. The standard InChI is InChI=1S/C13H14N2O2S/c14-13-15-7-11(9-18-13)6-12(16)17-8-10-4-2-1-3-5-10/h1-5,7H,6,8-9H2,(H2,14,15). The van der Waals surface area contributed by atoms with Crippen molar-refractivity contribution in [3.05, 3.63) is 47.7 Å². The third kappa shape index (κ3) is 3.92. The zero-order valence-electron chi connectivity index (χ0n) is 9.83. The van der Waals surface area contributed by atoms with Gasteiger partial charge >= 0.3 is 5.97 Å². The van der Waals surface area contributed by atoms with Crippen LogP contribution in [-0.2, 0) is 16.1 Å². The van der Waals surface area contributed by atoms with Gasteiger partial charge in [0.05, 0.1) is 6.42 Å². The van der Waals surface area contributed by atoms with Crippen LogP contribution in [0, 0.1) is 0 Å². The van der Waals surface area contributed by atoms with Gasteiger partial charge in [0.25, 0.3) is 0 Å². The van der Waals surface area contributed by atoms with E-state index in [0.29, 0.717) is 17.5 Å². The molecular formula is C13H14N2O2S. The molecule has 0 aromatic heterocycles. The Morgan fingerprint density at radius 1 is 1.39 bits per heavy atom. The Morgan fingerprint density at radius 2 is 2.17 bits per heavy atom. The number of aliphatic imine (C=N–C) groups is 1. The second kappa shape index (κ2) is 6.26. The Bertz CT molecular complexity index is 483. The van der Waals surface area contributed by atoms with Gasteiger partial charge < -0.3 is 10.5 Å². The smallest absolute Gasteiger partial charge is 0.310 e. The summed E-state index contributed by atoms with van der Waals surface area (Å²) >= 11 is 1.43. The van der Waals surface area contributed by atoms with E-state index in [1.54, 1.807) is 6.20 Å². The number of hydrogen-bond acceptors (Lipinski definition) is 5. The Kier molecular flexibility index (Phi) is 4.41. The van der Waals surface area contributed by atoms with Crippen LogP contribution >= 0.6 is 11.8 Å². The van der Waals surface area contributed by atoms with Gasteiger partial charge in [-0.05, 0) is 11.1 Å². The lowest BCUT2D eigenvalue weighted by molar-refractivity contribution is -0.144. The van der Waals surface area contributed by atoms with Gasteiger partial charge in [0, 0.05) is 12.0 Å². The fraction of sp³-hybridized carbons (Fsp3) is 0.231. The lowest BCUT2D eigenvalue weighted by Crippen LogP contribution is -2.13. The van der Waals surface area contributed by atoms with E-state index in [-0.39, 0.29) is 12.4 Å². The lowest BCUT2D eigenvalue weighted by Gasteiger charge is -2.10. The molecule has 18 heavy (non-hydrogen) atoms. The van der Waals surface area contributed by atoms with Gasteiger partial charge in [-0.3, -0.25) is 4.79 Å². The number of rotatable bonds is 4. The van der Waals surface area contributed by atoms with Gasteiger partial charge in [-0.2, -0.15) is 0 Å². The van der Waals surface area contributed by atoms with E-state index in [0.717, 1.165) is 11.1 Å². The molecular weight excluding hydrogens is 248 g/mol. The second-order valence-electron chi connectivity index (χ2n) is 3.87. The molecule has 5 heteroatoms. The Balaban J connectivity index is 1.79. The van der Waals surface area contributed by atoms with Crippen molar-refractivity contribution in [2.45, 2.75) is 13.0 Å². The number of benzene rings is 1. The number of nitrogens with zero attached hydrogens (tertiary/aromatic N) is 1. The van der Waals surface area contributed by atoms with Crippen molar-refractivity contribution in [1.29, 1.82) is 0 Å². The van der Waals surface area contributed by atoms with Crippen LogP contribution in [0.5, 0.6) is 0 Å². The molecule has 1 aliphatic rings. The number of ether oxygens (including phenoxy) is 1. The number of carbonyl (C=O) groups excluding carboxylic acids is 1. The molecule has 2 rings (SSSR count). The number of thioether (sulfide) groups is 1. The van der Waals surface area contributed by atoms with Crippen molar-refractivity contribution in [2.75, 3.05) is 5.75 Å². The van der Waals surface area contributed by atoms with E-state index in [1.807, 2.05) is 30.3 Å². The summed E-state index contributed by atoms with van der Waals surface area (Å²) < 4.78 is 5.19. The summed E-state index contributed by atoms with van der Waals surface area (Å²) in [5.41, 5.74) is 7.44. The zero-order chi connectivity index (χ0) is 12.8. The molecule has 0 radical (unpaired) electrons. The molecule has 1 aromatic carbocycles. The highest BCUT2D eigenvalue weighted by Crippen LogP contribution is 2.17. The van der Waals surface area contributed by atoms with E-state index in [2.05, 4.69) is 4.99 Å². The van der Waals surface area contributed by atoms with E-state index < -0.39 is 0 Å². The molecule has 0 fully saturated rings. The van der Waals surface area contributed by atoms with Crippen molar-refractivity contribution in [1.82, 2.24) is 0 Å².